The quantitative estimate of drug-likeness (QED) is 0.707. The minimum Gasteiger partial charge on any atom is -0.342 e. The van der Waals surface area contributed by atoms with E-state index in [9.17, 15) is 9.59 Å². The summed E-state index contributed by atoms with van der Waals surface area (Å²) in [6, 6.07) is 7.49. The molecular weight excluding hydrogens is 392 g/mol. The number of piperidine rings is 1. The van der Waals surface area contributed by atoms with Gasteiger partial charge in [-0.15, -0.1) is 5.10 Å². The van der Waals surface area contributed by atoms with Crippen molar-refractivity contribution in [2.45, 2.75) is 39.2 Å². The molecule has 1 aliphatic heterocycles. The predicted molar refractivity (Wildman–Crippen MR) is 110 cm³/mol. The number of halogens is 1. The van der Waals surface area contributed by atoms with Crippen LogP contribution in [0.1, 0.15) is 44.0 Å². The maximum atomic E-state index is 12.5. The minimum absolute atomic E-state index is 0.00827. The number of rotatable bonds is 4. The first kappa shape index (κ1) is 19.6. The highest BCUT2D eigenvalue weighted by molar-refractivity contribution is 6.31. The van der Waals surface area contributed by atoms with Crippen LogP contribution in [0.15, 0.2) is 29.1 Å². The number of carbonyl (C=O) groups excluding carboxylic acids is 1. The first-order chi connectivity index (χ1) is 13.9. The number of aromatic nitrogens is 5. The summed E-state index contributed by atoms with van der Waals surface area (Å²) < 4.78 is 1.60. The molecule has 1 aliphatic rings. The number of amides is 1. The first-order valence-electron chi connectivity index (χ1n) is 9.79. The Kier molecular flexibility index (Phi) is 5.36. The Bertz CT molecular complexity index is 1100. The number of nitrogens with zero attached hydrogens (tertiary/aromatic N) is 5. The van der Waals surface area contributed by atoms with Crippen molar-refractivity contribution in [3.8, 4) is 0 Å². The summed E-state index contributed by atoms with van der Waals surface area (Å²) in [6.07, 6.45) is 1.53. The van der Waals surface area contributed by atoms with Crippen LogP contribution in [-0.4, -0.2) is 48.9 Å². The number of nitrogens with one attached hydrogen (secondary N) is 1. The molecule has 2 aromatic heterocycles. The molecule has 3 aromatic rings. The lowest BCUT2D eigenvalue weighted by molar-refractivity contribution is -0.135. The fraction of sp³-hybridized carbons (Fsp3) is 0.450. The molecule has 1 saturated heterocycles. The molecular formula is C20H23ClN6O2. The summed E-state index contributed by atoms with van der Waals surface area (Å²) in [7, 11) is 0. The molecule has 0 bridgehead atoms. The van der Waals surface area contributed by atoms with Crippen LogP contribution in [0.3, 0.4) is 0 Å². The van der Waals surface area contributed by atoms with Gasteiger partial charge < -0.3 is 9.88 Å². The van der Waals surface area contributed by atoms with Crippen molar-refractivity contribution in [1.29, 1.82) is 0 Å². The average molecular weight is 415 g/mol. The zero-order chi connectivity index (χ0) is 20.5. The normalized spacial score (nSPS) is 15.4. The van der Waals surface area contributed by atoms with Crippen molar-refractivity contribution < 1.29 is 4.79 Å². The van der Waals surface area contributed by atoms with E-state index in [0.29, 0.717) is 36.1 Å². The number of H-pyrrole nitrogens is 1. The smallest absolute Gasteiger partial charge is 0.281 e. The van der Waals surface area contributed by atoms with Crippen molar-refractivity contribution in [3.05, 3.63) is 51.0 Å². The van der Waals surface area contributed by atoms with Gasteiger partial charge in [0.2, 0.25) is 5.91 Å². The molecule has 152 valence electrons. The molecule has 0 spiro atoms. The molecule has 0 radical (unpaired) electrons. The average Bonchev–Trinajstić information content (AvgIpc) is 3.12. The summed E-state index contributed by atoms with van der Waals surface area (Å²) in [5.74, 6) is 0.877. The van der Waals surface area contributed by atoms with Gasteiger partial charge in [0, 0.05) is 29.9 Å². The van der Waals surface area contributed by atoms with Crippen LogP contribution >= 0.6 is 11.6 Å². The Labute approximate surface area is 172 Å². The lowest BCUT2D eigenvalue weighted by atomic mass is 9.95. The third-order valence-electron chi connectivity index (χ3n) is 5.36. The van der Waals surface area contributed by atoms with Crippen molar-refractivity contribution in [2.24, 2.45) is 5.92 Å². The molecule has 1 amide bonds. The third-order valence-corrected chi connectivity index (χ3v) is 5.73. The van der Waals surface area contributed by atoms with Crippen LogP contribution in [-0.2, 0) is 11.3 Å². The maximum absolute atomic E-state index is 12.5. The van der Waals surface area contributed by atoms with E-state index in [4.69, 9.17) is 11.6 Å². The van der Waals surface area contributed by atoms with E-state index in [1.54, 1.807) is 4.68 Å². The SMILES string of the molecule is CC(C)C(=O)N1CCC(c2nc3c(nnn3Cc3ccccc3Cl)c(=O)[nH]2)CC1. The number of likely N-dealkylation sites (tertiary alicyclic amines) is 1. The van der Waals surface area contributed by atoms with Gasteiger partial charge >= 0.3 is 0 Å². The van der Waals surface area contributed by atoms with Crippen LogP contribution < -0.4 is 5.56 Å². The van der Waals surface area contributed by atoms with E-state index in [1.807, 2.05) is 43.0 Å². The molecule has 3 heterocycles. The number of aromatic amines is 1. The van der Waals surface area contributed by atoms with Crippen molar-refractivity contribution >= 4 is 28.7 Å². The second kappa shape index (κ2) is 7.94. The highest BCUT2D eigenvalue weighted by Crippen LogP contribution is 2.26. The van der Waals surface area contributed by atoms with E-state index in [0.717, 1.165) is 18.4 Å². The Morgan fingerprint density at radius 3 is 2.69 bits per heavy atom. The topological polar surface area (TPSA) is 96.8 Å². The van der Waals surface area contributed by atoms with Crippen LogP contribution in [0.4, 0.5) is 0 Å². The van der Waals surface area contributed by atoms with Gasteiger partial charge in [-0.3, -0.25) is 9.59 Å². The second-order valence-corrected chi connectivity index (χ2v) is 8.12. The Hall–Kier alpha value is -2.74. The summed E-state index contributed by atoms with van der Waals surface area (Å²) in [4.78, 5) is 34.2. The summed E-state index contributed by atoms with van der Waals surface area (Å²) >= 11 is 6.26. The standard InChI is InChI=1S/C20H23ClN6O2/c1-12(2)20(29)26-9-7-13(8-10-26)17-22-18-16(19(28)23-17)24-25-27(18)11-14-5-3-4-6-15(14)21/h3-6,12-13H,7-11H2,1-2H3,(H,22,23,28). The highest BCUT2D eigenvalue weighted by atomic mass is 35.5. The van der Waals surface area contributed by atoms with E-state index >= 15 is 0 Å². The van der Waals surface area contributed by atoms with Gasteiger partial charge in [-0.05, 0) is 24.5 Å². The summed E-state index contributed by atoms with van der Waals surface area (Å²) in [6.45, 7) is 5.54. The molecule has 0 atom stereocenters. The van der Waals surface area contributed by atoms with Crippen LogP contribution in [0.25, 0.3) is 11.2 Å². The van der Waals surface area contributed by atoms with Crippen molar-refractivity contribution in [2.75, 3.05) is 13.1 Å². The van der Waals surface area contributed by atoms with Gasteiger partial charge in [-0.1, -0.05) is 48.9 Å². The number of fused-ring (bicyclic) bond motifs is 1. The molecule has 8 nitrogen and oxygen atoms in total. The Morgan fingerprint density at radius 1 is 1.28 bits per heavy atom. The largest absolute Gasteiger partial charge is 0.342 e. The molecule has 1 fully saturated rings. The molecule has 0 saturated carbocycles. The lowest BCUT2D eigenvalue weighted by Crippen LogP contribution is -2.40. The second-order valence-electron chi connectivity index (χ2n) is 7.72. The lowest BCUT2D eigenvalue weighted by Gasteiger charge is -2.32. The molecule has 1 aromatic carbocycles. The molecule has 29 heavy (non-hydrogen) atoms. The van der Waals surface area contributed by atoms with Crippen LogP contribution in [0.2, 0.25) is 5.02 Å². The maximum Gasteiger partial charge on any atom is 0.281 e. The van der Waals surface area contributed by atoms with E-state index in [-0.39, 0.29) is 28.8 Å². The van der Waals surface area contributed by atoms with E-state index in [2.05, 4.69) is 20.3 Å². The van der Waals surface area contributed by atoms with E-state index in [1.165, 1.54) is 0 Å². The molecule has 0 aliphatic carbocycles. The monoisotopic (exact) mass is 414 g/mol. The fourth-order valence-electron chi connectivity index (χ4n) is 3.71. The number of benzene rings is 1. The molecule has 1 N–H and O–H groups in total. The van der Waals surface area contributed by atoms with Crippen LogP contribution in [0, 0.1) is 5.92 Å². The van der Waals surface area contributed by atoms with Gasteiger partial charge in [-0.2, -0.15) is 0 Å². The molecule has 9 heteroatoms. The van der Waals surface area contributed by atoms with Crippen molar-refractivity contribution in [1.82, 2.24) is 29.9 Å². The number of carbonyl (C=O) groups is 1. The zero-order valence-corrected chi connectivity index (χ0v) is 17.2. The van der Waals surface area contributed by atoms with Crippen LogP contribution in [0.5, 0.6) is 0 Å². The number of hydrogen-bond acceptors (Lipinski definition) is 5. The van der Waals surface area contributed by atoms with Gasteiger partial charge in [0.05, 0.1) is 6.54 Å². The molecule has 0 unspecified atom stereocenters. The van der Waals surface area contributed by atoms with Gasteiger partial charge in [-0.25, -0.2) is 9.67 Å². The van der Waals surface area contributed by atoms with Gasteiger partial charge in [0.1, 0.15) is 5.82 Å². The predicted octanol–water partition coefficient (Wildman–Crippen LogP) is 2.58. The fourth-order valence-corrected chi connectivity index (χ4v) is 3.91. The Balaban J connectivity index is 1.60. The van der Waals surface area contributed by atoms with Gasteiger partial charge in [0.15, 0.2) is 11.2 Å². The summed E-state index contributed by atoms with van der Waals surface area (Å²) in [5, 5.41) is 8.73. The highest BCUT2D eigenvalue weighted by Gasteiger charge is 2.27. The zero-order valence-electron chi connectivity index (χ0n) is 16.4. The molecule has 4 rings (SSSR count). The first-order valence-corrected chi connectivity index (χ1v) is 10.2. The Morgan fingerprint density at radius 2 is 2.00 bits per heavy atom. The summed E-state index contributed by atoms with van der Waals surface area (Å²) in [5.41, 5.74) is 1.25. The minimum atomic E-state index is -0.295. The number of hydrogen-bond donors (Lipinski definition) is 1. The van der Waals surface area contributed by atoms with E-state index < -0.39 is 0 Å². The third kappa shape index (κ3) is 3.89. The van der Waals surface area contributed by atoms with Gasteiger partial charge in [0.25, 0.3) is 5.56 Å². The van der Waals surface area contributed by atoms with Crippen molar-refractivity contribution in [3.63, 3.8) is 0 Å².